The van der Waals surface area contributed by atoms with Gasteiger partial charge >= 0.3 is 5.97 Å². The lowest BCUT2D eigenvalue weighted by atomic mass is 10.1. The first-order chi connectivity index (χ1) is 11.5. The quantitative estimate of drug-likeness (QED) is 0.397. The van der Waals surface area contributed by atoms with Gasteiger partial charge in [-0.15, -0.1) is 0 Å². The summed E-state index contributed by atoms with van der Waals surface area (Å²) in [7, 11) is 1.48. The van der Waals surface area contributed by atoms with Gasteiger partial charge in [0.15, 0.2) is 11.5 Å². The zero-order chi connectivity index (χ0) is 17.5. The molecule has 0 saturated heterocycles. The average molecular weight is 326 g/mol. The number of hydrogen-bond donors (Lipinski definition) is 1. The zero-order valence-electron chi connectivity index (χ0n) is 13.7. The van der Waals surface area contributed by atoms with Crippen LogP contribution in [0.2, 0.25) is 0 Å². The lowest BCUT2D eigenvalue weighted by Gasteiger charge is -2.08. The number of carbonyl (C=O) groups is 2. The fourth-order valence-corrected chi connectivity index (χ4v) is 2.06. The maximum Gasteiger partial charge on any atom is 0.308 e. The summed E-state index contributed by atoms with van der Waals surface area (Å²) < 4.78 is 10.2. The van der Waals surface area contributed by atoms with E-state index in [1.807, 2.05) is 19.1 Å². The van der Waals surface area contributed by atoms with Gasteiger partial charge in [0.1, 0.15) is 0 Å². The predicted molar refractivity (Wildman–Crippen MR) is 90.5 cm³/mol. The molecule has 0 aliphatic rings. The van der Waals surface area contributed by atoms with E-state index >= 15 is 0 Å². The van der Waals surface area contributed by atoms with E-state index in [0.717, 1.165) is 5.56 Å². The second-order valence-electron chi connectivity index (χ2n) is 5.02. The number of methoxy groups -OCH3 is 1. The summed E-state index contributed by atoms with van der Waals surface area (Å²) in [4.78, 5) is 23.1. The smallest absolute Gasteiger partial charge is 0.308 e. The van der Waals surface area contributed by atoms with Crippen molar-refractivity contribution in [1.82, 2.24) is 5.43 Å². The number of ether oxygens (including phenoxy) is 2. The summed E-state index contributed by atoms with van der Waals surface area (Å²) in [6.07, 6.45) is 1.48. The molecule has 0 bridgehead atoms. The lowest BCUT2D eigenvalue weighted by Crippen LogP contribution is -2.18. The molecule has 2 aromatic carbocycles. The van der Waals surface area contributed by atoms with E-state index in [1.165, 1.54) is 20.2 Å². The van der Waals surface area contributed by atoms with Crippen molar-refractivity contribution in [3.05, 3.63) is 59.2 Å². The number of nitrogens with one attached hydrogen (secondary N) is 1. The molecule has 0 aromatic heterocycles. The van der Waals surface area contributed by atoms with Crippen molar-refractivity contribution in [3.63, 3.8) is 0 Å². The first kappa shape index (κ1) is 17.2. The van der Waals surface area contributed by atoms with Gasteiger partial charge in [-0.2, -0.15) is 5.10 Å². The average Bonchev–Trinajstić information content (AvgIpc) is 2.56. The lowest BCUT2D eigenvalue weighted by molar-refractivity contribution is -0.132. The Bertz CT molecular complexity index is 784. The number of nitrogens with zero attached hydrogens (tertiary/aromatic N) is 1. The second-order valence-corrected chi connectivity index (χ2v) is 5.02. The molecule has 24 heavy (non-hydrogen) atoms. The molecule has 0 unspecified atom stereocenters. The molecule has 124 valence electrons. The van der Waals surface area contributed by atoms with Crippen molar-refractivity contribution in [2.24, 2.45) is 5.10 Å². The third kappa shape index (κ3) is 4.42. The van der Waals surface area contributed by atoms with Crippen LogP contribution >= 0.6 is 0 Å². The highest BCUT2D eigenvalue weighted by atomic mass is 16.6. The molecular weight excluding hydrogens is 308 g/mol. The standard InChI is InChI=1S/C18H18N2O4/c1-12-6-4-5-7-15(12)18(22)20-19-11-14-8-9-16(24-13(2)21)17(10-14)23-3/h4-11H,1-3H3,(H,20,22). The Morgan fingerprint density at radius 3 is 2.54 bits per heavy atom. The second kappa shape index (κ2) is 7.92. The summed E-state index contributed by atoms with van der Waals surface area (Å²) >= 11 is 0. The fraction of sp³-hybridized carbons (Fsp3) is 0.167. The summed E-state index contributed by atoms with van der Waals surface area (Å²) in [5.74, 6) is 0.0125. The van der Waals surface area contributed by atoms with E-state index in [0.29, 0.717) is 22.6 Å². The van der Waals surface area contributed by atoms with E-state index in [4.69, 9.17) is 9.47 Å². The van der Waals surface area contributed by atoms with Crippen LogP contribution in [-0.4, -0.2) is 25.2 Å². The molecule has 6 heteroatoms. The van der Waals surface area contributed by atoms with Gasteiger partial charge in [0, 0.05) is 12.5 Å². The maximum absolute atomic E-state index is 12.0. The Hall–Kier alpha value is -3.15. The molecule has 0 radical (unpaired) electrons. The Morgan fingerprint density at radius 2 is 1.88 bits per heavy atom. The van der Waals surface area contributed by atoms with E-state index in [2.05, 4.69) is 10.5 Å². The largest absolute Gasteiger partial charge is 0.493 e. The van der Waals surface area contributed by atoms with E-state index in [-0.39, 0.29) is 5.91 Å². The number of esters is 1. The van der Waals surface area contributed by atoms with Crippen LogP contribution in [0, 0.1) is 6.92 Å². The van der Waals surface area contributed by atoms with Crippen LogP contribution < -0.4 is 14.9 Å². The van der Waals surface area contributed by atoms with Crippen molar-refractivity contribution in [2.45, 2.75) is 13.8 Å². The van der Waals surface area contributed by atoms with Crippen LogP contribution in [-0.2, 0) is 4.79 Å². The number of hydrogen-bond acceptors (Lipinski definition) is 5. The summed E-state index contributed by atoms with van der Waals surface area (Å²) in [5, 5.41) is 3.94. The maximum atomic E-state index is 12.0. The van der Waals surface area contributed by atoms with Gasteiger partial charge in [-0.05, 0) is 42.3 Å². The Kier molecular flexibility index (Phi) is 5.68. The topological polar surface area (TPSA) is 77.0 Å². The van der Waals surface area contributed by atoms with Crippen molar-refractivity contribution >= 4 is 18.1 Å². The Labute approximate surface area is 140 Å². The van der Waals surface area contributed by atoms with Crippen molar-refractivity contribution in [3.8, 4) is 11.5 Å². The van der Waals surface area contributed by atoms with Gasteiger partial charge < -0.3 is 9.47 Å². The fourth-order valence-electron chi connectivity index (χ4n) is 2.06. The zero-order valence-corrected chi connectivity index (χ0v) is 13.7. The SMILES string of the molecule is COc1cc(C=NNC(=O)c2ccccc2C)ccc1OC(C)=O. The highest BCUT2D eigenvalue weighted by Gasteiger charge is 2.08. The molecular formula is C18H18N2O4. The minimum atomic E-state index is -0.430. The Morgan fingerprint density at radius 1 is 1.12 bits per heavy atom. The van der Waals surface area contributed by atoms with Crippen LogP contribution in [0.1, 0.15) is 28.4 Å². The van der Waals surface area contributed by atoms with E-state index in [1.54, 1.807) is 30.3 Å². The molecule has 6 nitrogen and oxygen atoms in total. The number of carbonyl (C=O) groups excluding carboxylic acids is 2. The monoisotopic (exact) mass is 326 g/mol. The molecule has 0 spiro atoms. The van der Waals surface area contributed by atoms with Crippen molar-refractivity contribution < 1.29 is 19.1 Å². The number of benzene rings is 2. The molecule has 0 atom stereocenters. The van der Waals surface area contributed by atoms with Gasteiger partial charge in [0.05, 0.1) is 13.3 Å². The number of aryl methyl sites for hydroxylation is 1. The van der Waals surface area contributed by atoms with Gasteiger partial charge in [-0.25, -0.2) is 5.43 Å². The number of amides is 1. The van der Waals surface area contributed by atoms with Crippen LogP contribution in [0.3, 0.4) is 0 Å². The summed E-state index contributed by atoms with van der Waals surface area (Å²) in [6.45, 7) is 3.17. The highest BCUT2D eigenvalue weighted by molar-refractivity contribution is 5.96. The van der Waals surface area contributed by atoms with Gasteiger partial charge in [0.2, 0.25) is 0 Å². The summed E-state index contributed by atoms with van der Waals surface area (Å²) in [6, 6.07) is 12.2. The molecule has 0 aliphatic carbocycles. The van der Waals surface area contributed by atoms with Gasteiger partial charge in [-0.1, -0.05) is 18.2 Å². The molecule has 0 saturated carbocycles. The molecule has 2 aromatic rings. The first-order valence-corrected chi connectivity index (χ1v) is 7.26. The first-order valence-electron chi connectivity index (χ1n) is 7.26. The van der Waals surface area contributed by atoms with Crippen LogP contribution in [0.4, 0.5) is 0 Å². The van der Waals surface area contributed by atoms with Crippen LogP contribution in [0.15, 0.2) is 47.6 Å². The minimum Gasteiger partial charge on any atom is -0.493 e. The van der Waals surface area contributed by atoms with E-state index in [9.17, 15) is 9.59 Å². The van der Waals surface area contributed by atoms with Crippen LogP contribution in [0.5, 0.6) is 11.5 Å². The van der Waals surface area contributed by atoms with E-state index < -0.39 is 5.97 Å². The molecule has 1 amide bonds. The molecule has 1 N–H and O–H groups in total. The highest BCUT2D eigenvalue weighted by Crippen LogP contribution is 2.27. The van der Waals surface area contributed by atoms with Gasteiger partial charge in [0.25, 0.3) is 5.91 Å². The van der Waals surface area contributed by atoms with Crippen molar-refractivity contribution in [1.29, 1.82) is 0 Å². The molecule has 2 rings (SSSR count). The van der Waals surface area contributed by atoms with Crippen molar-refractivity contribution in [2.75, 3.05) is 7.11 Å². The number of rotatable bonds is 5. The third-order valence-electron chi connectivity index (χ3n) is 3.21. The minimum absolute atomic E-state index is 0.284. The summed E-state index contributed by atoms with van der Waals surface area (Å²) in [5.41, 5.74) is 4.60. The van der Waals surface area contributed by atoms with Gasteiger partial charge in [-0.3, -0.25) is 9.59 Å². The molecule has 0 heterocycles. The molecule has 0 aliphatic heterocycles. The normalized spacial score (nSPS) is 10.5. The number of hydrazone groups is 1. The van der Waals surface area contributed by atoms with Crippen LogP contribution in [0.25, 0.3) is 0 Å². The molecule has 0 fully saturated rings. The Balaban J connectivity index is 2.08. The third-order valence-corrected chi connectivity index (χ3v) is 3.21. The predicted octanol–water partition coefficient (Wildman–Crippen LogP) is 2.69.